The molecule has 0 spiro atoms. The van der Waals surface area contributed by atoms with E-state index in [2.05, 4.69) is 0 Å². The van der Waals surface area contributed by atoms with Gasteiger partial charge in [-0.25, -0.2) is 0 Å². The molecule has 1 aromatic rings. The zero-order valence-electron chi connectivity index (χ0n) is 13.4. The number of carbonyl (C=O) groups is 2. The molecule has 0 saturated heterocycles. The molecule has 6 heteroatoms. The molecule has 0 unspecified atom stereocenters. The van der Waals surface area contributed by atoms with Crippen LogP contribution < -0.4 is 4.74 Å². The number of aliphatic hydroxyl groups is 3. The van der Waals surface area contributed by atoms with Crippen molar-refractivity contribution in [2.24, 2.45) is 5.41 Å². The quantitative estimate of drug-likeness (QED) is 0.674. The Kier molecular flexibility index (Phi) is 8.55. The number of benzene rings is 1. The zero-order valence-corrected chi connectivity index (χ0v) is 13.4. The van der Waals surface area contributed by atoms with Crippen LogP contribution in [-0.4, -0.2) is 54.8 Å². The third-order valence-corrected chi connectivity index (χ3v) is 3.41. The highest BCUT2D eigenvalue weighted by atomic mass is 16.5. The lowest BCUT2D eigenvalue weighted by molar-refractivity contribution is 0.0200. The maximum absolute atomic E-state index is 10.8. The first-order valence-electron chi connectivity index (χ1n) is 6.75. The van der Waals surface area contributed by atoms with Crippen molar-refractivity contribution in [3.63, 3.8) is 0 Å². The second-order valence-electron chi connectivity index (χ2n) is 5.38. The topological polar surface area (TPSA) is 104 Å². The predicted molar refractivity (Wildman–Crippen MR) is 82.6 cm³/mol. The predicted octanol–water partition coefficient (Wildman–Crippen LogP) is 0.907. The summed E-state index contributed by atoms with van der Waals surface area (Å²) in [7, 11) is 1.49. The van der Waals surface area contributed by atoms with Crippen molar-refractivity contribution in [1.29, 1.82) is 0 Å². The van der Waals surface area contributed by atoms with Crippen LogP contribution in [0.1, 0.15) is 38.8 Å². The second kappa shape index (κ2) is 9.30. The van der Waals surface area contributed by atoms with Crippen LogP contribution in [0.4, 0.5) is 0 Å². The van der Waals surface area contributed by atoms with Crippen molar-refractivity contribution in [2.75, 3.05) is 26.9 Å². The van der Waals surface area contributed by atoms with Crippen LogP contribution in [0.2, 0.25) is 0 Å². The summed E-state index contributed by atoms with van der Waals surface area (Å²) in [5, 5.41) is 25.4. The third-order valence-electron chi connectivity index (χ3n) is 3.41. The highest BCUT2D eigenvalue weighted by Gasteiger charge is 2.20. The molecular formula is C16H24O6. The fourth-order valence-electron chi connectivity index (χ4n) is 1.61. The minimum absolute atomic E-state index is 0.181. The van der Waals surface area contributed by atoms with E-state index in [4.69, 9.17) is 20.1 Å². The van der Waals surface area contributed by atoms with Crippen molar-refractivity contribution in [3.05, 3.63) is 28.3 Å². The molecular weight excluding hydrogens is 288 g/mol. The molecule has 0 aliphatic carbocycles. The SMILES string of the molecule is CC(CO)(CO)CO.COc1c(C)c(C=O)cc(C)c1C=O. The van der Waals surface area contributed by atoms with Gasteiger partial charge in [0.25, 0.3) is 0 Å². The summed E-state index contributed by atoms with van der Waals surface area (Å²) in [6.45, 7) is 4.60. The average Bonchev–Trinajstić information content (AvgIpc) is 2.55. The number of aliphatic hydroxyl groups excluding tert-OH is 3. The fraction of sp³-hybridized carbons (Fsp3) is 0.500. The van der Waals surface area contributed by atoms with Gasteiger partial charge >= 0.3 is 0 Å². The molecule has 0 bridgehead atoms. The molecule has 0 radical (unpaired) electrons. The van der Waals surface area contributed by atoms with E-state index in [1.54, 1.807) is 26.8 Å². The van der Waals surface area contributed by atoms with E-state index in [0.717, 1.165) is 18.1 Å². The largest absolute Gasteiger partial charge is 0.496 e. The number of ether oxygens (including phenoxy) is 1. The Hall–Kier alpha value is -1.76. The molecule has 1 rings (SSSR count). The summed E-state index contributed by atoms with van der Waals surface area (Å²) in [5.74, 6) is 0.488. The van der Waals surface area contributed by atoms with Crippen LogP contribution >= 0.6 is 0 Å². The maximum atomic E-state index is 10.8. The Morgan fingerprint density at radius 1 is 1.09 bits per heavy atom. The van der Waals surface area contributed by atoms with Gasteiger partial charge in [0.2, 0.25) is 0 Å². The van der Waals surface area contributed by atoms with E-state index in [1.165, 1.54) is 7.11 Å². The molecule has 1 aromatic carbocycles. The maximum Gasteiger partial charge on any atom is 0.154 e. The molecule has 0 saturated carbocycles. The van der Waals surface area contributed by atoms with Crippen molar-refractivity contribution in [2.45, 2.75) is 20.8 Å². The van der Waals surface area contributed by atoms with Crippen LogP contribution in [0.3, 0.4) is 0 Å². The molecule has 0 aliphatic rings. The summed E-state index contributed by atoms with van der Waals surface area (Å²) in [5.41, 5.74) is 1.82. The number of rotatable bonds is 6. The van der Waals surface area contributed by atoms with Gasteiger partial charge in [-0.05, 0) is 25.5 Å². The first kappa shape index (κ1) is 20.2. The van der Waals surface area contributed by atoms with Crippen LogP contribution in [0.15, 0.2) is 6.07 Å². The molecule has 22 heavy (non-hydrogen) atoms. The van der Waals surface area contributed by atoms with Crippen molar-refractivity contribution in [1.82, 2.24) is 0 Å². The fourth-order valence-corrected chi connectivity index (χ4v) is 1.61. The molecule has 0 aromatic heterocycles. The standard InChI is InChI=1S/C11H12O3.C5H12O3/c1-7-4-9(5-12)8(2)11(14-3)10(7)6-13;1-5(2-6,3-7)4-8/h4-6H,1-3H3;6-8H,2-4H2,1H3. The van der Waals surface area contributed by atoms with Gasteiger partial charge in [0, 0.05) is 16.5 Å². The summed E-state index contributed by atoms with van der Waals surface area (Å²) >= 11 is 0. The average molecular weight is 312 g/mol. The Balaban J connectivity index is 0.000000472. The summed E-state index contributed by atoms with van der Waals surface area (Å²) < 4.78 is 5.10. The smallest absolute Gasteiger partial charge is 0.154 e. The highest BCUT2D eigenvalue weighted by Crippen LogP contribution is 2.27. The minimum atomic E-state index is -0.708. The minimum Gasteiger partial charge on any atom is -0.496 e. The van der Waals surface area contributed by atoms with Gasteiger partial charge in [-0.15, -0.1) is 0 Å². The van der Waals surface area contributed by atoms with Gasteiger partial charge in [-0.3, -0.25) is 9.59 Å². The van der Waals surface area contributed by atoms with Crippen molar-refractivity contribution < 1.29 is 29.6 Å². The number of carbonyl (C=O) groups excluding carboxylic acids is 2. The molecule has 124 valence electrons. The normalized spacial score (nSPS) is 10.5. The van der Waals surface area contributed by atoms with Gasteiger partial charge < -0.3 is 20.1 Å². The van der Waals surface area contributed by atoms with E-state index in [9.17, 15) is 9.59 Å². The summed E-state index contributed by atoms with van der Waals surface area (Å²) in [4.78, 5) is 21.5. The third kappa shape index (κ3) is 4.91. The lowest BCUT2D eigenvalue weighted by Gasteiger charge is -2.20. The first-order valence-corrected chi connectivity index (χ1v) is 6.75. The van der Waals surface area contributed by atoms with Gasteiger partial charge in [-0.2, -0.15) is 0 Å². The van der Waals surface area contributed by atoms with Gasteiger partial charge in [0.15, 0.2) is 6.29 Å². The van der Waals surface area contributed by atoms with E-state index in [-0.39, 0.29) is 19.8 Å². The Morgan fingerprint density at radius 2 is 1.59 bits per heavy atom. The highest BCUT2D eigenvalue weighted by molar-refractivity contribution is 5.88. The number of aryl methyl sites for hydroxylation is 1. The zero-order chi connectivity index (χ0) is 17.3. The summed E-state index contributed by atoms with van der Waals surface area (Å²) in [6.07, 6.45) is 1.51. The Morgan fingerprint density at radius 3 is 1.86 bits per heavy atom. The van der Waals surface area contributed by atoms with E-state index < -0.39 is 5.41 Å². The lowest BCUT2D eigenvalue weighted by atomic mass is 9.95. The van der Waals surface area contributed by atoms with E-state index in [1.807, 2.05) is 0 Å². The molecule has 3 N–H and O–H groups in total. The molecule has 0 heterocycles. The van der Waals surface area contributed by atoms with Gasteiger partial charge in [0.1, 0.15) is 12.0 Å². The Labute approximate surface area is 130 Å². The van der Waals surface area contributed by atoms with Crippen LogP contribution in [-0.2, 0) is 0 Å². The van der Waals surface area contributed by atoms with Crippen LogP contribution in [0.5, 0.6) is 5.75 Å². The monoisotopic (exact) mass is 312 g/mol. The second-order valence-corrected chi connectivity index (χ2v) is 5.38. The molecule has 0 amide bonds. The van der Waals surface area contributed by atoms with Gasteiger partial charge in [0.05, 0.1) is 32.5 Å². The van der Waals surface area contributed by atoms with Crippen LogP contribution in [0.25, 0.3) is 0 Å². The van der Waals surface area contributed by atoms with Gasteiger partial charge in [-0.1, -0.05) is 6.92 Å². The first-order chi connectivity index (χ1) is 10.3. The number of methoxy groups -OCH3 is 1. The molecule has 0 atom stereocenters. The number of hydrogen-bond donors (Lipinski definition) is 3. The lowest BCUT2D eigenvalue weighted by Crippen LogP contribution is -2.29. The molecule has 0 aliphatic heterocycles. The van der Waals surface area contributed by atoms with Crippen molar-refractivity contribution >= 4 is 12.6 Å². The van der Waals surface area contributed by atoms with E-state index in [0.29, 0.717) is 22.4 Å². The van der Waals surface area contributed by atoms with Crippen molar-refractivity contribution in [3.8, 4) is 5.75 Å². The van der Waals surface area contributed by atoms with Crippen LogP contribution in [0, 0.1) is 19.3 Å². The van der Waals surface area contributed by atoms with E-state index >= 15 is 0 Å². The number of aldehydes is 2. The molecule has 6 nitrogen and oxygen atoms in total. The number of hydrogen-bond acceptors (Lipinski definition) is 6. The molecule has 0 fully saturated rings. The Bertz CT molecular complexity index is 498. The summed E-state index contributed by atoms with van der Waals surface area (Å²) in [6, 6.07) is 1.69.